The standard InChI is InChI=1S/C15H14BrNO3/c1-7-6-8(2-3-9(7)16)17-14(18)12-10-4-5-11(20-10)13(12)15(17)19/h2-3,6,10-11,18-19H,4-5H2,1H3/t10-,11+. The molecule has 2 aromatic rings. The van der Waals surface area contributed by atoms with E-state index in [1.165, 1.54) is 4.57 Å². The number of nitrogens with zero attached hydrogens (tertiary/aromatic N) is 1. The number of rotatable bonds is 1. The van der Waals surface area contributed by atoms with Gasteiger partial charge in [-0.15, -0.1) is 0 Å². The molecule has 1 aromatic heterocycles. The highest BCUT2D eigenvalue weighted by Crippen LogP contribution is 2.58. The van der Waals surface area contributed by atoms with E-state index < -0.39 is 0 Å². The van der Waals surface area contributed by atoms with Gasteiger partial charge in [0.05, 0.1) is 29.0 Å². The molecular weight excluding hydrogens is 322 g/mol. The lowest BCUT2D eigenvalue weighted by Crippen LogP contribution is -1.96. The largest absolute Gasteiger partial charge is 0.494 e. The molecule has 2 aliphatic rings. The Labute approximate surface area is 124 Å². The van der Waals surface area contributed by atoms with Crippen LogP contribution in [0.3, 0.4) is 0 Å². The molecule has 0 unspecified atom stereocenters. The first kappa shape index (κ1) is 12.3. The van der Waals surface area contributed by atoms with Gasteiger partial charge >= 0.3 is 0 Å². The van der Waals surface area contributed by atoms with Gasteiger partial charge < -0.3 is 14.9 Å². The maximum absolute atomic E-state index is 10.5. The smallest absolute Gasteiger partial charge is 0.205 e. The first-order valence-electron chi connectivity index (χ1n) is 6.66. The van der Waals surface area contributed by atoms with Crippen molar-refractivity contribution in [2.45, 2.75) is 32.0 Å². The van der Waals surface area contributed by atoms with Crippen LogP contribution in [0.5, 0.6) is 11.8 Å². The summed E-state index contributed by atoms with van der Waals surface area (Å²) in [5, 5.41) is 21.0. The normalized spacial score (nSPS) is 23.3. The number of hydrogen-bond donors (Lipinski definition) is 2. The van der Waals surface area contributed by atoms with Crippen molar-refractivity contribution in [2.75, 3.05) is 0 Å². The Morgan fingerprint density at radius 3 is 2.30 bits per heavy atom. The van der Waals surface area contributed by atoms with Gasteiger partial charge in [0.2, 0.25) is 11.8 Å². The van der Waals surface area contributed by atoms with Crippen molar-refractivity contribution in [1.29, 1.82) is 0 Å². The molecule has 0 radical (unpaired) electrons. The van der Waals surface area contributed by atoms with Crippen molar-refractivity contribution < 1.29 is 14.9 Å². The lowest BCUT2D eigenvalue weighted by Gasteiger charge is -2.11. The topological polar surface area (TPSA) is 54.6 Å². The highest BCUT2D eigenvalue weighted by molar-refractivity contribution is 9.10. The summed E-state index contributed by atoms with van der Waals surface area (Å²) in [6.07, 6.45) is 1.68. The maximum atomic E-state index is 10.5. The van der Waals surface area contributed by atoms with Crippen molar-refractivity contribution in [2.24, 2.45) is 0 Å². The van der Waals surface area contributed by atoms with Crippen LogP contribution < -0.4 is 0 Å². The van der Waals surface area contributed by atoms with E-state index in [4.69, 9.17) is 4.74 Å². The summed E-state index contributed by atoms with van der Waals surface area (Å²) in [6, 6.07) is 5.72. The van der Waals surface area contributed by atoms with Crippen LogP contribution in [0, 0.1) is 6.92 Å². The number of hydrogen-bond acceptors (Lipinski definition) is 3. The van der Waals surface area contributed by atoms with E-state index in [0.717, 1.165) is 39.7 Å². The van der Waals surface area contributed by atoms with Gasteiger partial charge in [0.15, 0.2) is 0 Å². The molecule has 0 spiro atoms. The predicted molar refractivity (Wildman–Crippen MR) is 77.3 cm³/mol. The van der Waals surface area contributed by atoms with Crippen LogP contribution in [0.4, 0.5) is 0 Å². The minimum absolute atomic E-state index is 0.0707. The summed E-state index contributed by atoms with van der Waals surface area (Å²) in [5.41, 5.74) is 3.34. The molecule has 2 atom stereocenters. The van der Waals surface area contributed by atoms with E-state index in [1.807, 2.05) is 25.1 Å². The van der Waals surface area contributed by atoms with Gasteiger partial charge in [-0.1, -0.05) is 15.9 Å². The summed E-state index contributed by atoms with van der Waals surface area (Å²) in [6.45, 7) is 1.98. The molecule has 2 bridgehead atoms. The summed E-state index contributed by atoms with van der Waals surface area (Å²) < 4.78 is 8.25. The molecule has 104 valence electrons. The third kappa shape index (κ3) is 1.45. The molecule has 1 fully saturated rings. The molecule has 3 heterocycles. The lowest BCUT2D eigenvalue weighted by molar-refractivity contribution is 0.0683. The molecule has 20 heavy (non-hydrogen) atoms. The lowest BCUT2D eigenvalue weighted by atomic mass is 9.95. The number of halogens is 1. The fourth-order valence-corrected chi connectivity index (χ4v) is 3.54. The Morgan fingerprint density at radius 2 is 1.75 bits per heavy atom. The summed E-state index contributed by atoms with van der Waals surface area (Å²) in [5.74, 6) is 0.206. The van der Waals surface area contributed by atoms with Crippen LogP contribution >= 0.6 is 15.9 Å². The zero-order chi connectivity index (χ0) is 14.0. The van der Waals surface area contributed by atoms with Crippen LogP contribution in [0.15, 0.2) is 22.7 Å². The van der Waals surface area contributed by atoms with Crippen LogP contribution in [0.1, 0.15) is 41.7 Å². The average Bonchev–Trinajstić information content (AvgIpc) is 3.08. The first-order valence-corrected chi connectivity index (χ1v) is 7.45. The second-order valence-electron chi connectivity index (χ2n) is 5.43. The zero-order valence-corrected chi connectivity index (χ0v) is 12.5. The molecule has 0 saturated carbocycles. The SMILES string of the molecule is Cc1cc(-n2c(O)c3c(c2O)[C@H]2CC[C@@H]3O2)ccc1Br. The molecule has 4 nitrogen and oxygen atoms in total. The number of aromatic nitrogens is 1. The third-order valence-electron chi connectivity index (χ3n) is 4.26. The van der Waals surface area contributed by atoms with Crippen LogP contribution in [-0.2, 0) is 4.74 Å². The van der Waals surface area contributed by atoms with E-state index in [2.05, 4.69) is 15.9 Å². The fraction of sp³-hybridized carbons (Fsp3) is 0.333. The van der Waals surface area contributed by atoms with Crippen molar-refractivity contribution in [3.05, 3.63) is 39.4 Å². The summed E-state index contributed by atoms with van der Waals surface area (Å²) in [4.78, 5) is 0. The highest BCUT2D eigenvalue weighted by Gasteiger charge is 2.45. The molecule has 2 N–H and O–H groups in total. The monoisotopic (exact) mass is 335 g/mol. The van der Waals surface area contributed by atoms with Gasteiger partial charge in [-0.05, 0) is 43.5 Å². The molecule has 4 rings (SSSR count). The van der Waals surface area contributed by atoms with Crippen molar-refractivity contribution >= 4 is 15.9 Å². The minimum atomic E-state index is -0.0707. The molecule has 1 saturated heterocycles. The fourth-order valence-electron chi connectivity index (χ4n) is 3.29. The molecule has 5 heteroatoms. The Hall–Kier alpha value is -1.46. The Morgan fingerprint density at radius 1 is 1.15 bits per heavy atom. The van der Waals surface area contributed by atoms with E-state index in [1.54, 1.807) is 0 Å². The molecule has 0 aliphatic carbocycles. The number of fused-ring (bicyclic) bond motifs is 5. The quantitative estimate of drug-likeness (QED) is 0.831. The van der Waals surface area contributed by atoms with Gasteiger partial charge in [-0.3, -0.25) is 4.57 Å². The number of aromatic hydroxyl groups is 2. The number of aryl methyl sites for hydroxylation is 1. The Balaban J connectivity index is 1.94. The van der Waals surface area contributed by atoms with Crippen LogP contribution in [0.2, 0.25) is 0 Å². The maximum Gasteiger partial charge on any atom is 0.205 e. The van der Waals surface area contributed by atoms with Crippen molar-refractivity contribution in [1.82, 2.24) is 4.57 Å². The van der Waals surface area contributed by atoms with E-state index in [0.29, 0.717) is 0 Å². The average molecular weight is 336 g/mol. The van der Waals surface area contributed by atoms with Gasteiger partial charge in [0, 0.05) is 4.47 Å². The van der Waals surface area contributed by atoms with Gasteiger partial charge in [0.25, 0.3) is 0 Å². The molecule has 1 aromatic carbocycles. The van der Waals surface area contributed by atoms with E-state index in [-0.39, 0.29) is 24.0 Å². The van der Waals surface area contributed by atoms with Crippen molar-refractivity contribution in [3.8, 4) is 17.4 Å². The Bertz CT molecular complexity index is 689. The second-order valence-corrected chi connectivity index (χ2v) is 6.29. The number of ether oxygens (including phenoxy) is 1. The molecule has 0 amide bonds. The van der Waals surface area contributed by atoms with Crippen molar-refractivity contribution in [3.63, 3.8) is 0 Å². The molecular formula is C15H14BrNO3. The van der Waals surface area contributed by atoms with Gasteiger partial charge in [-0.25, -0.2) is 0 Å². The number of benzene rings is 1. The Kier molecular flexibility index (Phi) is 2.47. The predicted octanol–water partition coefficient (Wildman–Crippen LogP) is 3.87. The second kappa shape index (κ2) is 4.02. The zero-order valence-electron chi connectivity index (χ0n) is 10.9. The van der Waals surface area contributed by atoms with E-state index >= 15 is 0 Å². The van der Waals surface area contributed by atoms with Gasteiger partial charge in [0.1, 0.15) is 0 Å². The summed E-state index contributed by atoms with van der Waals surface area (Å²) in [7, 11) is 0. The van der Waals surface area contributed by atoms with E-state index in [9.17, 15) is 10.2 Å². The molecule has 2 aliphatic heterocycles. The summed E-state index contributed by atoms with van der Waals surface area (Å²) >= 11 is 3.46. The third-order valence-corrected chi connectivity index (χ3v) is 5.15. The van der Waals surface area contributed by atoms with Crippen LogP contribution in [0.25, 0.3) is 5.69 Å². The first-order chi connectivity index (χ1) is 9.58. The minimum Gasteiger partial charge on any atom is -0.494 e. The highest BCUT2D eigenvalue weighted by atomic mass is 79.9. The van der Waals surface area contributed by atoms with Gasteiger partial charge in [-0.2, -0.15) is 0 Å². The van der Waals surface area contributed by atoms with Crippen LogP contribution in [-0.4, -0.2) is 14.8 Å².